The number of rotatable bonds is 6. The molecule has 0 aliphatic heterocycles. The molecule has 0 fully saturated rings. The summed E-state index contributed by atoms with van der Waals surface area (Å²) in [6, 6.07) is 0. The molecule has 0 aliphatic rings. The standard InChI is InChI=1S/C9H16F3N3O2/c1-15(2)5-3-4-13-7(16)6-14-8(17)9(10,11)12/h3-6H2,1-2H3,(H,13,16)(H,14,17). The molecular formula is C9H16F3N3O2. The number of amides is 2. The SMILES string of the molecule is CN(C)CCCNC(=O)CNC(=O)C(F)(F)F. The number of carbonyl (C=O) groups excluding carboxylic acids is 2. The maximum absolute atomic E-state index is 11.7. The van der Waals surface area contributed by atoms with Crippen LogP contribution in [-0.4, -0.2) is 56.6 Å². The average Bonchev–Trinajstić information content (AvgIpc) is 2.19. The predicted octanol–water partition coefficient (Wildman–Crippen LogP) is -0.267. The van der Waals surface area contributed by atoms with Crippen molar-refractivity contribution in [2.24, 2.45) is 0 Å². The summed E-state index contributed by atoms with van der Waals surface area (Å²) < 4.78 is 35.2. The summed E-state index contributed by atoms with van der Waals surface area (Å²) >= 11 is 0. The molecule has 0 radical (unpaired) electrons. The fraction of sp³-hybridized carbons (Fsp3) is 0.778. The van der Waals surface area contributed by atoms with Crippen LogP contribution in [0, 0.1) is 0 Å². The Morgan fingerprint density at radius 1 is 1.18 bits per heavy atom. The van der Waals surface area contributed by atoms with E-state index < -0.39 is 24.5 Å². The van der Waals surface area contributed by atoms with Gasteiger partial charge in [-0.25, -0.2) is 0 Å². The lowest BCUT2D eigenvalue weighted by atomic mass is 10.4. The molecule has 2 amide bonds. The Balaban J connectivity index is 3.64. The first-order valence-electron chi connectivity index (χ1n) is 5.00. The molecule has 0 aromatic rings. The number of hydrogen-bond acceptors (Lipinski definition) is 3. The lowest BCUT2D eigenvalue weighted by Gasteiger charge is -2.10. The number of hydrogen-bond donors (Lipinski definition) is 2. The van der Waals surface area contributed by atoms with Gasteiger partial charge in [0.25, 0.3) is 0 Å². The number of nitrogens with one attached hydrogen (secondary N) is 2. The topological polar surface area (TPSA) is 61.4 Å². The second kappa shape index (κ2) is 7.10. The lowest BCUT2D eigenvalue weighted by molar-refractivity contribution is -0.173. The number of halogens is 3. The van der Waals surface area contributed by atoms with E-state index >= 15 is 0 Å². The van der Waals surface area contributed by atoms with E-state index in [2.05, 4.69) is 5.32 Å². The minimum Gasteiger partial charge on any atom is -0.355 e. The molecule has 0 aromatic heterocycles. The first kappa shape index (κ1) is 15.7. The van der Waals surface area contributed by atoms with Crippen molar-refractivity contribution in [2.75, 3.05) is 33.7 Å². The summed E-state index contributed by atoms with van der Waals surface area (Å²) in [5.41, 5.74) is 0. The molecule has 0 aliphatic carbocycles. The third-order valence-electron chi connectivity index (χ3n) is 1.77. The first-order chi connectivity index (χ1) is 7.73. The van der Waals surface area contributed by atoms with E-state index in [-0.39, 0.29) is 0 Å². The van der Waals surface area contributed by atoms with Crippen molar-refractivity contribution in [1.82, 2.24) is 15.5 Å². The molecule has 100 valence electrons. The normalized spacial score (nSPS) is 11.4. The van der Waals surface area contributed by atoms with E-state index in [1.807, 2.05) is 19.0 Å². The Morgan fingerprint density at radius 2 is 1.76 bits per heavy atom. The van der Waals surface area contributed by atoms with Crippen LogP contribution in [0.15, 0.2) is 0 Å². The van der Waals surface area contributed by atoms with E-state index in [0.29, 0.717) is 13.0 Å². The maximum atomic E-state index is 11.7. The van der Waals surface area contributed by atoms with Gasteiger partial charge in [0.15, 0.2) is 0 Å². The molecule has 0 rings (SSSR count). The highest BCUT2D eigenvalue weighted by Gasteiger charge is 2.38. The second-order valence-corrected chi connectivity index (χ2v) is 3.69. The number of carbonyl (C=O) groups is 2. The summed E-state index contributed by atoms with van der Waals surface area (Å²) in [5, 5.41) is 3.88. The minimum absolute atomic E-state index is 0.360. The molecule has 2 N–H and O–H groups in total. The predicted molar refractivity (Wildman–Crippen MR) is 55.2 cm³/mol. The van der Waals surface area contributed by atoms with Gasteiger partial charge >= 0.3 is 12.1 Å². The summed E-state index contributed by atoms with van der Waals surface area (Å²) in [7, 11) is 3.73. The zero-order valence-corrected chi connectivity index (χ0v) is 9.73. The quantitative estimate of drug-likeness (QED) is 0.642. The van der Waals surface area contributed by atoms with Gasteiger partial charge < -0.3 is 15.5 Å². The first-order valence-corrected chi connectivity index (χ1v) is 5.00. The van der Waals surface area contributed by atoms with Gasteiger partial charge in [0.05, 0.1) is 6.54 Å². The maximum Gasteiger partial charge on any atom is 0.471 e. The van der Waals surface area contributed by atoms with E-state index in [9.17, 15) is 22.8 Å². The summed E-state index contributed by atoms with van der Waals surface area (Å²) in [6.45, 7) is 0.453. The highest BCUT2D eigenvalue weighted by atomic mass is 19.4. The highest BCUT2D eigenvalue weighted by Crippen LogP contribution is 2.13. The zero-order valence-electron chi connectivity index (χ0n) is 9.73. The monoisotopic (exact) mass is 255 g/mol. The smallest absolute Gasteiger partial charge is 0.355 e. The van der Waals surface area contributed by atoms with Gasteiger partial charge in [-0.05, 0) is 27.1 Å². The Labute approximate surface area is 97.3 Å². The van der Waals surface area contributed by atoms with Crippen molar-refractivity contribution < 1.29 is 22.8 Å². The van der Waals surface area contributed by atoms with Crippen molar-refractivity contribution >= 4 is 11.8 Å². The van der Waals surface area contributed by atoms with Crippen molar-refractivity contribution in [1.29, 1.82) is 0 Å². The van der Waals surface area contributed by atoms with Gasteiger partial charge in [0.2, 0.25) is 5.91 Å². The van der Waals surface area contributed by atoms with E-state index in [1.54, 1.807) is 0 Å². The van der Waals surface area contributed by atoms with Crippen LogP contribution < -0.4 is 10.6 Å². The number of nitrogens with zero attached hydrogens (tertiary/aromatic N) is 1. The Hall–Kier alpha value is -1.31. The third-order valence-corrected chi connectivity index (χ3v) is 1.77. The average molecular weight is 255 g/mol. The molecule has 0 aromatic carbocycles. The molecule has 5 nitrogen and oxygen atoms in total. The van der Waals surface area contributed by atoms with Crippen LogP contribution in [0.25, 0.3) is 0 Å². The van der Waals surface area contributed by atoms with Crippen molar-refractivity contribution in [3.63, 3.8) is 0 Å². The molecule has 0 spiro atoms. The molecule has 0 unspecified atom stereocenters. The Kier molecular flexibility index (Phi) is 6.55. The largest absolute Gasteiger partial charge is 0.471 e. The molecule has 8 heteroatoms. The summed E-state index contributed by atoms with van der Waals surface area (Å²) in [5.74, 6) is -2.75. The van der Waals surface area contributed by atoms with E-state index in [4.69, 9.17) is 0 Å². The van der Waals surface area contributed by atoms with Gasteiger partial charge in [-0.3, -0.25) is 9.59 Å². The van der Waals surface area contributed by atoms with E-state index in [0.717, 1.165) is 6.54 Å². The fourth-order valence-corrected chi connectivity index (χ4v) is 0.946. The molecule has 0 heterocycles. The molecule has 0 saturated heterocycles. The van der Waals surface area contributed by atoms with Crippen LogP contribution in [0.1, 0.15) is 6.42 Å². The van der Waals surface area contributed by atoms with Crippen molar-refractivity contribution in [3.05, 3.63) is 0 Å². The fourth-order valence-electron chi connectivity index (χ4n) is 0.946. The van der Waals surface area contributed by atoms with Crippen LogP contribution in [0.5, 0.6) is 0 Å². The van der Waals surface area contributed by atoms with Gasteiger partial charge in [-0.15, -0.1) is 0 Å². The Bertz CT molecular complexity index is 267. The van der Waals surface area contributed by atoms with Crippen molar-refractivity contribution in [3.8, 4) is 0 Å². The van der Waals surface area contributed by atoms with Gasteiger partial charge in [-0.2, -0.15) is 13.2 Å². The van der Waals surface area contributed by atoms with Gasteiger partial charge in [0.1, 0.15) is 0 Å². The molecule has 0 bridgehead atoms. The number of alkyl halides is 3. The minimum atomic E-state index is -4.95. The molecule has 17 heavy (non-hydrogen) atoms. The third kappa shape index (κ3) is 8.49. The highest BCUT2D eigenvalue weighted by molar-refractivity contribution is 5.87. The molecule has 0 saturated carbocycles. The van der Waals surface area contributed by atoms with Crippen molar-refractivity contribution in [2.45, 2.75) is 12.6 Å². The van der Waals surface area contributed by atoms with Crippen LogP contribution in [-0.2, 0) is 9.59 Å². The zero-order chi connectivity index (χ0) is 13.5. The molecule has 0 atom stereocenters. The van der Waals surface area contributed by atoms with E-state index in [1.165, 1.54) is 5.32 Å². The summed E-state index contributed by atoms with van der Waals surface area (Å²) in [4.78, 5) is 23.3. The van der Waals surface area contributed by atoms with Gasteiger partial charge in [-0.1, -0.05) is 0 Å². The van der Waals surface area contributed by atoms with Crippen LogP contribution in [0.4, 0.5) is 13.2 Å². The second-order valence-electron chi connectivity index (χ2n) is 3.69. The van der Waals surface area contributed by atoms with Crippen LogP contribution >= 0.6 is 0 Å². The van der Waals surface area contributed by atoms with Crippen LogP contribution in [0.3, 0.4) is 0 Å². The molecular weight excluding hydrogens is 239 g/mol. The Morgan fingerprint density at radius 3 is 2.24 bits per heavy atom. The lowest BCUT2D eigenvalue weighted by Crippen LogP contribution is -2.43. The van der Waals surface area contributed by atoms with Crippen LogP contribution in [0.2, 0.25) is 0 Å². The summed E-state index contributed by atoms with van der Waals surface area (Å²) in [6.07, 6.45) is -4.27. The van der Waals surface area contributed by atoms with Gasteiger partial charge in [0, 0.05) is 6.54 Å².